The Morgan fingerprint density at radius 1 is 1.10 bits per heavy atom. The molecule has 0 saturated heterocycles. The maximum absolute atomic E-state index is 10.8. The molecule has 0 aromatic heterocycles. The molecule has 3 nitrogen and oxygen atoms in total. The topological polar surface area (TPSA) is 32.7 Å². The summed E-state index contributed by atoms with van der Waals surface area (Å²) >= 11 is 0. The summed E-state index contributed by atoms with van der Waals surface area (Å²) in [6.45, 7) is 7.08. The molecule has 0 aliphatic heterocycles. The summed E-state index contributed by atoms with van der Waals surface area (Å²) in [5.74, 6) is 0.867. The van der Waals surface area contributed by atoms with Gasteiger partial charge in [-0.25, -0.2) is 0 Å². The summed E-state index contributed by atoms with van der Waals surface area (Å²) in [7, 11) is 4.07. The fourth-order valence-corrected chi connectivity index (χ4v) is 2.79. The van der Waals surface area contributed by atoms with Crippen molar-refractivity contribution in [3.8, 4) is 5.75 Å². The Hall–Kier alpha value is -1.06. The number of aliphatic hydroxyl groups excluding tert-OH is 1. The lowest BCUT2D eigenvalue weighted by Crippen LogP contribution is -2.48. The average molecular weight is 279 g/mol. The zero-order valence-electron chi connectivity index (χ0n) is 13.5. The van der Waals surface area contributed by atoms with Gasteiger partial charge in [-0.05, 0) is 51.1 Å². The summed E-state index contributed by atoms with van der Waals surface area (Å²) in [6, 6.07) is 7.83. The molecular weight excluding hydrogens is 250 g/mol. The predicted octanol–water partition coefficient (Wildman–Crippen LogP) is 3.63. The fraction of sp³-hybridized carbons (Fsp3) is 0.647. The lowest BCUT2D eigenvalue weighted by atomic mass is 9.81. The van der Waals surface area contributed by atoms with Gasteiger partial charge in [-0.15, -0.1) is 0 Å². The minimum atomic E-state index is -0.493. The van der Waals surface area contributed by atoms with E-state index in [4.69, 9.17) is 4.74 Å². The Morgan fingerprint density at radius 3 is 2.05 bits per heavy atom. The van der Waals surface area contributed by atoms with Gasteiger partial charge in [0.15, 0.2) is 0 Å². The second-order valence-electron chi connectivity index (χ2n) is 5.53. The molecule has 1 N–H and O–H groups in total. The van der Waals surface area contributed by atoms with Crippen LogP contribution in [0.2, 0.25) is 0 Å². The molecule has 0 heterocycles. The van der Waals surface area contributed by atoms with E-state index in [1.165, 1.54) is 0 Å². The van der Waals surface area contributed by atoms with Crippen LogP contribution in [-0.2, 0) is 0 Å². The van der Waals surface area contributed by atoms with Gasteiger partial charge >= 0.3 is 0 Å². The molecule has 0 fully saturated rings. The monoisotopic (exact) mass is 279 g/mol. The number of nitrogens with zero attached hydrogens (tertiary/aromatic N) is 1. The van der Waals surface area contributed by atoms with Crippen LogP contribution in [0.25, 0.3) is 0 Å². The van der Waals surface area contributed by atoms with Crippen LogP contribution in [0, 0.1) is 0 Å². The van der Waals surface area contributed by atoms with E-state index in [-0.39, 0.29) is 5.54 Å². The molecule has 0 saturated carbocycles. The number of ether oxygens (including phenoxy) is 1. The van der Waals surface area contributed by atoms with Crippen LogP contribution in [0.4, 0.5) is 0 Å². The number of benzene rings is 1. The molecule has 1 atom stereocenters. The molecule has 1 rings (SSSR count). The Labute approximate surface area is 123 Å². The van der Waals surface area contributed by atoms with Crippen molar-refractivity contribution in [1.82, 2.24) is 4.90 Å². The Kier molecular flexibility index (Phi) is 6.50. The highest BCUT2D eigenvalue weighted by Gasteiger charge is 2.37. The Morgan fingerprint density at radius 2 is 1.65 bits per heavy atom. The van der Waals surface area contributed by atoms with Gasteiger partial charge in [0.05, 0.1) is 12.7 Å². The van der Waals surface area contributed by atoms with Crippen LogP contribution in [-0.4, -0.2) is 36.2 Å². The number of rotatable bonds is 8. The van der Waals surface area contributed by atoms with Gasteiger partial charge in [-0.2, -0.15) is 0 Å². The van der Waals surface area contributed by atoms with Crippen molar-refractivity contribution in [1.29, 1.82) is 0 Å². The molecule has 0 aliphatic rings. The van der Waals surface area contributed by atoms with Crippen LogP contribution in [0.5, 0.6) is 5.75 Å². The Balaban J connectivity index is 2.92. The molecule has 0 radical (unpaired) electrons. The van der Waals surface area contributed by atoms with Crippen LogP contribution >= 0.6 is 0 Å². The van der Waals surface area contributed by atoms with E-state index < -0.39 is 6.10 Å². The van der Waals surface area contributed by atoms with Crippen LogP contribution in [0.15, 0.2) is 24.3 Å². The molecule has 0 aliphatic carbocycles. The SMILES string of the molecule is CCCOc1ccc(C(O)C(CC)(CC)N(C)C)cc1. The van der Waals surface area contributed by atoms with Gasteiger partial charge < -0.3 is 14.7 Å². The van der Waals surface area contributed by atoms with Gasteiger partial charge in [-0.1, -0.05) is 32.9 Å². The van der Waals surface area contributed by atoms with Crippen molar-refractivity contribution in [3.05, 3.63) is 29.8 Å². The second kappa shape index (κ2) is 7.65. The highest BCUT2D eigenvalue weighted by molar-refractivity contribution is 5.30. The lowest BCUT2D eigenvalue weighted by Gasteiger charge is -2.42. The molecule has 1 unspecified atom stereocenters. The number of hydrogen-bond donors (Lipinski definition) is 1. The van der Waals surface area contributed by atoms with E-state index in [0.29, 0.717) is 0 Å². The lowest BCUT2D eigenvalue weighted by molar-refractivity contribution is -0.0149. The van der Waals surface area contributed by atoms with E-state index in [0.717, 1.165) is 37.2 Å². The van der Waals surface area contributed by atoms with Gasteiger partial charge in [-0.3, -0.25) is 0 Å². The van der Waals surface area contributed by atoms with Crippen molar-refractivity contribution in [3.63, 3.8) is 0 Å². The van der Waals surface area contributed by atoms with Crippen LogP contribution < -0.4 is 4.74 Å². The molecular formula is C17H29NO2. The highest BCUT2D eigenvalue weighted by atomic mass is 16.5. The fourth-order valence-electron chi connectivity index (χ4n) is 2.79. The zero-order valence-corrected chi connectivity index (χ0v) is 13.5. The first-order chi connectivity index (χ1) is 9.51. The van der Waals surface area contributed by atoms with Crippen molar-refractivity contribution >= 4 is 0 Å². The van der Waals surface area contributed by atoms with Crippen molar-refractivity contribution in [2.24, 2.45) is 0 Å². The van der Waals surface area contributed by atoms with E-state index in [1.807, 2.05) is 38.4 Å². The first-order valence-corrected chi connectivity index (χ1v) is 7.60. The number of aliphatic hydroxyl groups is 1. The molecule has 20 heavy (non-hydrogen) atoms. The van der Waals surface area contributed by atoms with E-state index in [1.54, 1.807) is 0 Å². The summed E-state index contributed by atoms with van der Waals surface area (Å²) < 4.78 is 5.58. The standard InChI is InChI=1S/C17H29NO2/c1-6-13-20-15-11-9-14(10-12-15)16(19)17(7-2,8-3)18(4)5/h9-12,16,19H,6-8,13H2,1-5H3. The van der Waals surface area contributed by atoms with Gasteiger partial charge in [0.2, 0.25) is 0 Å². The summed E-state index contributed by atoms with van der Waals surface area (Å²) in [5.41, 5.74) is 0.734. The molecule has 0 bridgehead atoms. The molecule has 114 valence electrons. The average Bonchev–Trinajstić information content (AvgIpc) is 2.47. The first-order valence-electron chi connectivity index (χ1n) is 7.60. The van der Waals surface area contributed by atoms with Crippen LogP contribution in [0.1, 0.15) is 51.7 Å². The maximum Gasteiger partial charge on any atom is 0.119 e. The predicted molar refractivity (Wildman–Crippen MR) is 84.2 cm³/mol. The third kappa shape index (κ3) is 3.53. The van der Waals surface area contributed by atoms with Crippen molar-refractivity contribution in [2.45, 2.75) is 51.7 Å². The quantitative estimate of drug-likeness (QED) is 0.788. The summed E-state index contributed by atoms with van der Waals surface area (Å²) in [6.07, 6.45) is 2.32. The number of hydrogen-bond acceptors (Lipinski definition) is 3. The van der Waals surface area contributed by atoms with Gasteiger partial charge in [0, 0.05) is 5.54 Å². The van der Waals surface area contributed by atoms with Crippen LogP contribution in [0.3, 0.4) is 0 Å². The maximum atomic E-state index is 10.8. The van der Waals surface area contributed by atoms with Crippen molar-refractivity contribution < 1.29 is 9.84 Å². The molecule has 0 amide bonds. The van der Waals surface area contributed by atoms with Crippen molar-refractivity contribution in [2.75, 3.05) is 20.7 Å². The smallest absolute Gasteiger partial charge is 0.119 e. The largest absolute Gasteiger partial charge is 0.494 e. The normalized spacial score (nSPS) is 13.6. The third-order valence-electron chi connectivity index (χ3n) is 4.29. The molecule has 1 aromatic carbocycles. The highest BCUT2D eigenvalue weighted by Crippen LogP contribution is 2.36. The minimum absolute atomic E-state index is 0.216. The zero-order chi connectivity index (χ0) is 15.2. The van der Waals surface area contributed by atoms with E-state index in [9.17, 15) is 5.11 Å². The molecule has 1 aromatic rings. The molecule has 0 spiro atoms. The van der Waals surface area contributed by atoms with E-state index in [2.05, 4.69) is 25.7 Å². The summed E-state index contributed by atoms with van der Waals surface area (Å²) in [4.78, 5) is 2.14. The second-order valence-corrected chi connectivity index (χ2v) is 5.53. The summed E-state index contributed by atoms with van der Waals surface area (Å²) in [5, 5.41) is 10.8. The van der Waals surface area contributed by atoms with Gasteiger partial charge in [0.25, 0.3) is 0 Å². The van der Waals surface area contributed by atoms with E-state index >= 15 is 0 Å². The van der Waals surface area contributed by atoms with Gasteiger partial charge in [0.1, 0.15) is 5.75 Å². The minimum Gasteiger partial charge on any atom is -0.494 e. The third-order valence-corrected chi connectivity index (χ3v) is 4.29. The first kappa shape index (κ1) is 17.0. The Bertz CT molecular complexity index is 382. The number of likely N-dealkylation sites (N-methyl/N-ethyl adjacent to an activating group) is 1. The molecule has 3 heteroatoms.